The third-order valence-corrected chi connectivity index (χ3v) is 4.12. The van der Waals surface area contributed by atoms with Crippen LogP contribution in [0.1, 0.15) is 36.2 Å². The number of aliphatic imine (C=N–C) groups is 1. The molecule has 0 aliphatic heterocycles. The van der Waals surface area contributed by atoms with Crippen LogP contribution in [0.4, 0.5) is 4.39 Å². The number of guanidine groups is 1. The van der Waals surface area contributed by atoms with Gasteiger partial charge in [-0.25, -0.2) is 4.39 Å². The Bertz CT molecular complexity index is 809. The van der Waals surface area contributed by atoms with Crippen LogP contribution in [0, 0.1) is 5.82 Å². The Morgan fingerprint density at radius 2 is 1.90 bits per heavy atom. The van der Waals surface area contributed by atoms with Crippen molar-refractivity contribution in [3.63, 3.8) is 0 Å². The van der Waals surface area contributed by atoms with Gasteiger partial charge in [-0.2, -0.15) is 0 Å². The molecule has 7 heteroatoms. The number of hydrogen-bond acceptors (Lipinski definition) is 3. The maximum atomic E-state index is 13.0. The quantitative estimate of drug-likeness (QED) is 0.447. The number of amides is 1. The predicted molar refractivity (Wildman–Crippen MR) is 114 cm³/mol. The number of benzene rings is 2. The van der Waals surface area contributed by atoms with Crippen molar-refractivity contribution < 1.29 is 13.9 Å². The summed E-state index contributed by atoms with van der Waals surface area (Å²) in [6.07, 6.45) is 0.766. The van der Waals surface area contributed by atoms with Gasteiger partial charge in [-0.1, -0.05) is 19.1 Å². The van der Waals surface area contributed by atoms with Gasteiger partial charge in [0.1, 0.15) is 17.7 Å². The van der Waals surface area contributed by atoms with E-state index in [1.165, 1.54) is 12.1 Å². The lowest BCUT2D eigenvalue weighted by molar-refractivity contribution is 0.0953. The van der Waals surface area contributed by atoms with Crippen LogP contribution in [-0.4, -0.2) is 38.1 Å². The molecule has 0 saturated carbocycles. The van der Waals surface area contributed by atoms with E-state index in [-0.39, 0.29) is 17.8 Å². The van der Waals surface area contributed by atoms with Gasteiger partial charge < -0.3 is 20.7 Å². The third-order valence-electron chi connectivity index (χ3n) is 4.12. The van der Waals surface area contributed by atoms with Gasteiger partial charge in [0.25, 0.3) is 5.91 Å². The zero-order valence-electron chi connectivity index (χ0n) is 17.2. The van der Waals surface area contributed by atoms with E-state index in [9.17, 15) is 9.18 Å². The highest BCUT2D eigenvalue weighted by atomic mass is 19.1. The van der Waals surface area contributed by atoms with Gasteiger partial charge in [0.2, 0.25) is 0 Å². The zero-order valence-corrected chi connectivity index (χ0v) is 17.2. The molecule has 0 aliphatic rings. The topological polar surface area (TPSA) is 74.8 Å². The molecule has 2 aromatic carbocycles. The van der Waals surface area contributed by atoms with Gasteiger partial charge in [0.15, 0.2) is 5.96 Å². The summed E-state index contributed by atoms with van der Waals surface area (Å²) in [6.45, 7) is 5.65. The van der Waals surface area contributed by atoms with Crippen molar-refractivity contribution in [2.45, 2.75) is 32.9 Å². The average Bonchev–Trinajstić information content (AvgIpc) is 2.74. The van der Waals surface area contributed by atoms with Gasteiger partial charge in [-0.15, -0.1) is 0 Å². The van der Waals surface area contributed by atoms with E-state index < -0.39 is 0 Å². The standard InChI is InChI=1S/C22H29FN4O2/c1-4-12-25-21(28)18-7-5-6-17(13-18)15-27-22(24-3)26-14-16(2)29-20-10-8-19(23)9-11-20/h5-11,13,16H,4,12,14-15H2,1-3H3,(H,25,28)(H2,24,26,27). The largest absolute Gasteiger partial charge is 0.489 e. The molecular formula is C22H29FN4O2. The Labute approximate surface area is 171 Å². The second-order valence-electron chi connectivity index (χ2n) is 6.65. The van der Waals surface area contributed by atoms with Gasteiger partial charge >= 0.3 is 0 Å². The molecule has 0 aromatic heterocycles. The summed E-state index contributed by atoms with van der Waals surface area (Å²) >= 11 is 0. The number of carbonyl (C=O) groups excluding carboxylic acids is 1. The number of nitrogens with zero attached hydrogens (tertiary/aromatic N) is 1. The lowest BCUT2D eigenvalue weighted by Crippen LogP contribution is -2.41. The van der Waals surface area contributed by atoms with Crippen molar-refractivity contribution in [3.8, 4) is 5.75 Å². The fraction of sp³-hybridized carbons (Fsp3) is 0.364. The molecule has 1 unspecified atom stereocenters. The first-order valence-corrected chi connectivity index (χ1v) is 9.75. The number of ether oxygens (including phenoxy) is 1. The Morgan fingerprint density at radius 3 is 2.59 bits per heavy atom. The molecule has 156 valence electrons. The van der Waals surface area contributed by atoms with Crippen LogP contribution in [0.25, 0.3) is 0 Å². The number of halogens is 1. The molecule has 0 radical (unpaired) electrons. The average molecular weight is 400 g/mol. The van der Waals surface area contributed by atoms with Gasteiger partial charge in [-0.3, -0.25) is 9.79 Å². The summed E-state index contributed by atoms with van der Waals surface area (Å²) in [4.78, 5) is 16.3. The molecule has 6 nitrogen and oxygen atoms in total. The summed E-state index contributed by atoms with van der Waals surface area (Å²) in [6, 6.07) is 13.4. The van der Waals surface area contributed by atoms with Crippen molar-refractivity contribution in [1.82, 2.24) is 16.0 Å². The lowest BCUT2D eigenvalue weighted by atomic mass is 10.1. The summed E-state index contributed by atoms with van der Waals surface area (Å²) < 4.78 is 18.7. The second-order valence-corrected chi connectivity index (χ2v) is 6.65. The minimum atomic E-state index is -0.292. The number of carbonyl (C=O) groups is 1. The van der Waals surface area contributed by atoms with E-state index in [1.807, 2.05) is 32.0 Å². The van der Waals surface area contributed by atoms with E-state index in [4.69, 9.17) is 4.74 Å². The highest BCUT2D eigenvalue weighted by molar-refractivity contribution is 5.94. The minimum absolute atomic E-state index is 0.0667. The summed E-state index contributed by atoms with van der Waals surface area (Å²) in [5, 5.41) is 9.30. The molecule has 0 fully saturated rings. The maximum absolute atomic E-state index is 13.0. The molecule has 2 aromatic rings. The van der Waals surface area contributed by atoms with Crippen molar-refractivity contribution in [2.75, 3.05) is 20.1 Å². The van der Waals surface area contributed by atoms with Crippen molar-refractivity contribution in [2.24, 2.45) is 4.99 Å². The molecule has 2 rings (SSSR count). The van der Waals surface area contributed by atoms with Crippen LogP contribution in [0.3, 0.4) is 0 Å². The van der Waals surface area contributed by atoms with Gasteiger partial charge in [0, 0.05) is 25.7 Å². The monoisotopic (exact) mass is 400 g/mol. The van der Waals surface area contributed by atoms with E-state index >= 15 is 0 Å². The van der Waals surface area contributed by atoms with Crippen molar-refractivity contribution in [3.05, 3.63) is 65.5 Å². The van der Waals surface area contributed by atoms with Crippen LogP contribution >= 0.6 is 0 Å². The summed E-state index contributed by atoms with van der Waals surface area (Å²) in [5.41, 5.74) is 1.62. The fourth-order valence-corrected chi connectivity index (χ4v) is 2.60. The Morgan fingerprint density at radius 1 is 1.14 bits per heavy atom. The van der Waals surface area contributed by atoms with E-state index in [1.54, 1.807) is 25.2 Å². The highest BCUT2D eigenvalue weighted by Crippen LogP contribution is 2.12. The lowest BCUT2D eigenvalue weighted by Gasteiger charge is -2.18. The molecule has 0 saturated heterocycles. The van der Waals surface area contributed by atoms with E-state index in [0.717, 1.165) is 12.0 Å². The van der Waals surface area contributed by atoms with Crippen LogP contribution in [0.15, 0.2) is 53.5 Å². The fourth-order valence-electron chi connectivity index (χ4n) is 2.60. The molecule has 0 aliphatic carbocycles. The van der Waals surface area contributed by atoms with Gasteiger partial charge in [-0.05, 0) is 55.3 Å². The Balaban J connectivity index is 1.81. The SMILES string of the molecule is CCCNC(=O)c1cccc(CNC(=NC)NCC(C)Oc2ccc(F)cc2)c1. The van der Waals surface area contributed by atoms with Crippen LogP contribution < -0.4 is 20.7 Å². The molecule has 1 atom stereocenters. The first-order chi connectivity index (χ1) is 14.0. The zero-order chi connectivity index (χ0) is 21.1. The normalized spacial score (nSPS) is 12.2. The Kier molecular flexibility index (Phi) is 8.95. The third kappa shape index (κ3) is 7.81. The van der Waals surface area contributed by atoms with Crippen LogP contribution in [-0.2, 0) is 6.54 Å². The number of hydrogen-bond donors (Lipinski definition) is 3. The van der Waals surface area contributed by atoms with E-state index in [0.29, 0.717) is 36.9 Å². The molecule has 0 bridgehead atoms. The number of nitrogens with one attached hydrogen (secondary N) is 3. The molecule has 0 heterocycles. The highest BCUT2D eigenvalue weighted by Gasteiger charge is 2.08. The first-order valence-electron chi connectivity index (χ1n) is 9.75. The second kappa shape index (κ2) is 11.7. The molecule has 29 heavy (non-hydrogen) atoms. The summed E-state index contributed by atoms with van der Waals surface area (Å²) in [5.74, 6) is 0.879. The smallest absolute Gasteiger partial charge is 0.251 e. The van der Waals surface area contributed by atoms with Crippen LogP contribution in [0.2, 0.25) is 0 Å². The predicted octanol–water partition coefficient (Wildman–Crippen LogP) is 3.10. The van der Waals surface area contributed by atoms with Crippen molar-refractivity contribution in [1.29, 1.82) is 0 Å². The van der Waals surface area contributed by atoms with Crippen LogP contribution in [0.5, 0.6) is 5.75 Å². The molecule has 1 amide bonds. The number of rotatable bonds is 9. The van der Waals surface area contributed by atoms with Gasteiger partial charge in [0.05, 0.1) is 6.54 Å². The molecule has 0 spiro atoms. The minimum Gasteiger partial charge on any atom is -0.489 e. The maximum Gasteiger partial charge on any atom is 0.251 e. The summed E-state index contributed by atoms with van der Waals surface area (Å²) in [7, 11) is 1.69. The van der Waals surface area contributed by atoms with E-state index in [2.05, 4.69) is 20.9 Å². The molecule has 3 N–H and O–H groups in total. The van der Waals surface area contributed by atoms with Crippen molar-refractivity contribution >= 4 is 11.9 Å². The molecular weight excluding hydrogens is 371 g/mol. The Hall–Kier alpha value is -3.09. The first kappa shape index (κ1) is 22.2.